The zero-order chi connectivity index (χ0) is 13.1. The number of rotatable bonds is 3. The van der Waals surface area contributed by atoms with Crippen LogP contribution < -0.4 is 5.32 Å². The van der Waals surface area contributed by atoms with E-state index in [2.05, 4.69) is 5.32 Å². The summed E-state index contributed by atoms with van der Waals surface area (Å²) in [7, 11) is 0. The third-order valence-electron chi connectivity index (χ3n) is 2.62. The first-order valence-electron chi connectivity index (χ1n) is 5.51. The van der Waals surface area contributed by atoms with Crippen molar-refractivity contribution in [3.05, 3.63) is 63.4 Å². The van der Waals surface area contributed by atoms with Gasteiger partial charge in [-0.25, -0.2) is 4.39 Å². The summed E-state index contributed by atoms with van der Waals surface area (Å²) in [6.07, 6.45) is 0. The Labute approximate surface area is 116 Å². The predicted octanol–water partition coefficient (Wildman–Crippen LogP) is 5.05. The summed E-state index contributed by atoms with van der Waals surface area (Å²) < 4.78 is 13.5. The number of halogens is 3. The van der Waals surface area contributed by atoms with E-state index in [1.54, 1.807) is 18.2 Å². The Balaban J connectivity index is 2.16. The maximum atomic E-state index is 13.5. The fraction of sp³-hybridized carbons (Fsp3) is 0.143. The molecule has 2 rings (SSSR count). The second kappa shape index (κ2) is 5.59. The van der Waals surface area contributed by atoms with E-state index in [4.69, 9.17) is 23.2 Å². The number of hydrogen-bond donors (Lipinski definition) is 1. The van der Waals surface area contributed by atoms with Gasteiger partial charge < -0.3 is 5.32 Å². The minimum Gasteiger partial charge on any atom is -0.379 e. The number of anilines is 1. The van der Waals surface area contributed by atoms with Crippen molar-refractivity contribution in [1.29, 1.82) is 0 Å². The third-order valence-corrected chi connectivity index (χ3v) is 3.48. The van der Waals surface area contributed by atoms with E-state index in [9.17, 15) is 4.39 Å². The van der Waals surface area contributed by atoms with Gasteiger partial charge in [0.05, 0.1) is 15.7 Å². The molecule has 0 unspecified atom stereocenters. The van der Waals surface area contributed by atoms with E-state index in [0.29, 0.717) is 22.3 Å². The first-order valence-corrected chi connectivity index (χ1v) is 6.26. The Morgan fingerprint density at radius 1 is 1.17 bits per heavy atom. The summed E-state index contributed by atoms with van der Waals surface area (Å²) >= 11 is 12.0. The zero-order valence-electron chi connectivity index (χ0n) is 9.81. The molecule has 0 saturated heterocycles. The molecule has 0 aliphatic heterocycles. The van der Waals surface area contributed by atoms with Gasteiger partial charge in [-0.05, 0) is 36.2 Å². The van der Waals surface area contributed by atoms with Crippen LogP contribution in [0.3, 0.4) is 0 Å². The maximum Gasteiger partial charge on any atom is 0.146 e. The van der Waals surface area contributed by atoms with Crippen LogP contribution in [-0.4, -0.2) is 0 Å². The average molecular weight is 284 g/mol. The van der Waals surface area contributed by atoms with E-state index in [1.807, 2.05) is 19.1 Å². The van der Waals surface area contributed by atoms with Crippen LogP contribution in [0.15, 0.2) is 36.4 Å². The highest BCUT2D eigenvalue weighted by Gasteiger charge is 2.06. The highest BCUT2D eigenvalue weighted by molar-refractivity contribution is 6.42. The Morgan fingerprint density at radius 2 is 1.94 bits per heavy atom. The van der Waals surface area contributed by atoms with Crippen molar-refractivity contribution < 1.29 is 4.39 Å². The third kappa shape index (κ3) is 2.95. The topological polar surface area (TPSA) is 12.0 Å². The Morgan fingerprint density at radius 3 is 2.72 bits per heavy atom. The highest BCUT2D eigenvalue weighted by atomic mass is 35.5. The van der Waals surface area contributed by atoms with Crippen LogP contribution in [0.2, 0.25) is 10.0 Å². The molecule has 0 heterocycles. The lowest BCUT2D eigenvalue weighted by molar-refractivity contribution is 0.629. The smallest absolute Gasteiger partial charge is 0.146 e. The molecule has 0 spiro atoms. The molecule has 0 amide bonds. The molecule has 94 valence electrons. The van der Waals surface area contributed by atoms with Crippen molar-refractivity contribution in [1.82, 2.24) is 0 Å². The van der Waals surface area contributed by atoms with Crippen molar-refractivity contribution in [3.63, 3.8) is 0 Å². The lowest BCUT2D eigenvalue weighted by Crippen LogP contribution is -2.02. The summed E-state index contributed by atoms with van der Waals surface area (Å²) in [6.45, 7) is 2.34. The van der Waals surface area contributed by atoms with Crippen LogP contribution >= 0.6 is 23.2 Å². The van der Waals surface area contributed by atoms with Crippen LogP contribution in [-0.2, 0) is 6.54 Å². The van der Waals surface area contributed by atoms with Gasteiger partial charge in [0, 0.05) is 6.54 Å². The maximum absolute atomic E-state index is 13.5. The molecule has 2 aromatic carbocycles. The monoisotopic (exact) mass is 283 g/mol. The van der Waals surface area contributed by atoms with Gasteiger partial charge in [0.15, 0.2) is 0 Å². The molecule has 0 aromatic heterocycles. The summed E-state index contributed by atoms with van der Waals surface area (Å²) in [5, 5.41) is 4.02. The van der Waals surface area contributed by atoms with Crippen molar-refractivity contribution in [3.8, 4) is 0 Å². The van der Waals surface area contributed by atoms with E-state index in [0.717, 1.165) is 11.1 Å². The van der Waals surface area contributed by atoms with E-state index < -0.39 is 0 Å². The molecule has 0 radical (unpaired) electrons. The lowest BCUT2D eigenvalue weighted by atomic mass is 10.2. The number of aryl methyl sites for hydroxylation is 1. The molecule has 0 saturated carbocycles. The van der Waals surface area contributed by atoms with Crippen molar-refractivity contribution in [2.75, 3.05) is 5.32 Å². The minimum absolute atomic E-state index is 0.279. The van der Waals surface area contributed by atoms with E-state index >= 15 is 0 Å². The van der Waals surface area contributed by atoms with Gasteiger partial charge in [-0.1, -0.05) is 41.4 Å². The Kier molecular flexibility index (Phi) is 4.10. The molecule has 4 heteroatoms. The lowest BCUT2D eigenvalue weighted by Gasteiger charge is -2.10. The van der Waals surface area contributed by atoms with Crippen LogP contribution in [0.25, 0.3) is 0 Å². The van der Waals surface area contributed by atoms with Crippen LogP contribution in [0.4, 0.5) is 10.1 Å². The molecule has 2 aromatic rings. The summed E-state index contributed by atoms with van der Waals surface area (Å²) in [5.74, 6) is -0.279. The quantitative estimate of drug-likeness (QED) is 0.831. The normalized spacial score (nSPS) is 10.4. The fourth-order valence-electron chi connectivity index (χ4n) is 1.65. The van der Waals surface area contributed by atoms with Gasteiger partial charge in [-0.2, -0.15) is 0 Å². The number of hydrogen-bond acceptors (Lipinski definition) is 1. The fourth-order valence-corrected chi connectivity index (χ4v) is 2.04. The molecule has 0 bridgehead atoms. The van der Waals surface area contributed by atoms with Gasteiger partial charge in [0.1, 0.15) is 5.82 Å². The van der Waals surface area contributed by atoms with Crippen molar-refractivity contribution in [2.45, 2.75) is 13.5 Å². The summed E-state index contributed by atoms with van der Waals surface area (Å²) in [6, 6.07) is 10.3. The van der Waals surface area contributed by atoms with Crippen molar-refractivity contribution >= 4 is 28.9 Å². The molecule has 0 atom stereocenters. The molecule has 18 heavy (non-hydrogen) atoms. The first-order chi connectivity index (χ1) is 8.58. The molecule has 0 aliphatic carbocycles. The number of benzene rings is 2. The van der Waals surface area contributed by atoms with E-state index in [-0.39, 0.29) is 5.82 Å². The predicted molar refractivity (Wildman–Crippen MR) is 74.9 cm³/mol. The minimum atomic E-state index is -0.279. The standard InChI is InChI=1S/C14H12Cl2FN/c1-9-5-6-12(17)13(7-9)18-8-10-3-2-4-11(15)14(10)16/h2-7,18H,8H2,1H3. The molecule has 0 fully saturated rings. The van der Waals surface area contributed by atoms with Crippen LogP contribution in [0, 0.1) is 12.7 Å². The molecular formula is C14H12Cl2FN. The molecule has 0 aliphatic rings. The summed E-state index contributed by atoms with van der Waals surface area (Å²) in [5.41, 5.74) is 2.30. The first kappa shape index (κ1) is 13.2. The zero-order valence-corrected chi connectivity index (χ0v) is 11.3. The van der Waals surface area contributed by atoms with Gasteiger partial charge >= 0.3 is 0 Å². The van der Waals surface area contributed by atoms with E-state index in [1.165, 1.54) is 6.07 Å². The summed E-state index contributed by atoms with van der Waals surface area (Å²) in [4.78, 5) is 0. The Hall–Kier alpha value is -1.25. The van der Waals surface area contributed by atoms with Gasteiger partial charge in [0.2, 0.25) is 0 Å². The largest absolute Gasteiger partial charge is 0.379 e. The molecule has 1 N–H and O–H groups in total. The second-order valence-electron chi connectivity index (χ2n) is 4.05. The van der Waals surface area contributed by atoms with Crippen LogP contribution in [0.5, 0.6) is 0 Å². The van der Waals surface area contributed by atoms with Gasteiger partial charge in [0.25, 0.3) is 0 Å². The average Bonchev–Trinajstić information content (AvgIpc) is 2.35. The SMILES string of the molecule is Cc1ccc(F)c(NCc2cccc(Cl)c2Cl)c1. The van der Waals surface area contributed by atoms with Gasteiger partial charge in [-0.15, -0.1) is 0 Å². The Bertz CT molecular complexity index is 568. The van der Waals surface area contributed by atoms with Crippen molar-refractivity contribution in [2.24, 2.45) is 0 Å². The van der Waals surface area contributed by atoms with Crippen LogP contribution in [0.1, 0.15) is 11.1 Å². The second-order valence-corrected chi connectivity index (χ2v) is 4.83. The molecular weight excluding hydrogens is 272 g/mol. The molecule has 1 nitrogen and oxygen atoms in total. The highest BCUT2D eigenvalue weighted by Crippen LogP contribution is 2.26. The number of nitrogens with one attached hydrogen (secondary N) is 1. The van der Waals surface area contributed by atoms with Gasteiger partial charge in [-0.3, -0.25) is 0 Å².